The van der Waals surface area contributed by atoms with E-state index in [0.717, 1.165) is 22.7 Å². The predicted molar refractivity (Wildman–Crippen MR) is 87.6 cm³/mol. The summed E-state index contributed by atoms with van der Waals surface area (Å²) in [6.07, 6.45) is 5.41. The van der Waals surface area contributed by atoms with E-state index in [-0.39, 0.29) is 11.9 Å². The molecular weight excluding hydrogens is 272 g/mol. The molecule has 1 aromatic carbocycles. The lowest BCUT2D eigenvalue weighted by molar-refractivity contribution is 0.0910. The van der Waals surface area contributed by atoms with Gasteiger partial charge in [0.25, 0.3) is 5.91 Å². The van der Waals surface area contributed by atoms with Gasteiger partial charge in [-0.25, -0.2) is 4.98 Å². The molecule has 2 bridgehead atoms. The van der Waals surface area contributed by atoms with Gasteiger partial charge in [0.05, 0.1) is 5.52 Å². The first-order valence-electron chi connectivity index (χ1n) is 8.37. The Labute approximate surface area is 131 Å². The number of fused-ring (bicyclic) bond motifs is 3. The Hall–Kier alpha value is -1.90. The van der Waals surface area contributed by atoms with Crippen LogP contribution in [0.3, 0.4) is 0 Å². The molecule has 1 amide bonds. The lowest BCUT2D eigenvalue weighted by atomic mass is 9.84. The molecular formula is C19H22N2O. The summed E-state index contributed by atoms with van der Waals surface area (Å²) >= 11 is 0. The molecule has 0 saturated heterocycles. The first-order chi connectivity index (χ1) is 10.7. The van der Waals surface area contributed by atoms with E-state index in [4.69, 9.17) is 0 Å². The van der Waals surface area contributed by atoms with E-state index < -0.39 is 0 Å². The molecule has 114 valence electrons. The van der Waals surface area contributed by atoms with Crippen molar-refractivity contribution in [3.63, 3.8) is 0 Å². The number of rotatable bonds is 3. The third-order valence-electron chi connectivity index (χ3n) is 5.62. The fourth-order valence-corrected chi connectivity index (χ4v) is 4.49. The van der Waals surface area contributed by atoms with Crippen LogP contribution in [0.1, 0.15) is 43.1 Å². The number of pyridine rings is 1. The Balaban J connectivity index is 1.48. The van der Waals surface area contributed by atoms with Crippen LogP contribution < -0.4 is 5.32 Å². The minimum Gasteiger partial charge on any atom is -0.348 e. The molecule has 4 rings (SSSR count). The number of benzene rings is 1. The molecule has 2 aliphatic rings. The molecule has 4 unspecified atom stereocenters. The second-order valence-electron chi connectivity index (χ2n) is 6.99. The van der Waals surface area contributed by atoms with E-state index in [2.05, 4.69) is 17.2 Å². The SMILES string of the molecule is CC(NC(=O)c1ccc2ccccc2n1)C1CC2CCC1C2. The average molecular weight is 294 g/mol. The first-order valence-corrected chi connectivity index (χ1v) is 8.37. The van der Waals surface area contributed by atoms with E-state index in [1.165, 1.54) is 25.7 Å². The molecule has 3 nitrogen and oxygen atoms in total. The van der Waals surface area contributed by atoms with Gasteiger partial charge < -0.3 is 5.32 Å². The van der Waals surface area contributed by atoms with Gasteiger partial charge in [-0.15, -0.1) is 0 Å². The van der Waals surface area contributed by atoms with Crippen LogP contribution >= 0.6 is 0 Å². The lowest BCUT2D eigenvalue weighted by Crippen LogP contribution is -2.40. The molecule has 22 heavy (non-hydrogen) atoms. The Morgan fingerprint density at radius 2 is 2.05 bits per heavy atom. The van der Waals surface area contributed by atoms with Gasteiger partial charge in [0.15, 0.2) is 0 Å². The molecule has 4 atom stereocenters. The smallest absolute Gasteiger partial charge is 0.270 e. The van der Waals surface area contributed by atoms with E-state index in [1.807, 2.05) is 36.4 Å². The maximum absolute atomic E-state index is 12.5. The Morgan fingerprint density at radius 3 is 2.82 bits per heavy atom. The summed E-state index contributed by atoms with van der Waals surface area (Å²) in [6, 6.07) is 11.9. The Bertz CT molecular complexity index is 711. The zero-order chi connectivity index (χ0) is 15.1. The second-order valence-corrected chi connectivity index (χ2v) is 6.99. The maximum atomic E-state index is 12.5. The number of para-hydroxylation sites is 1. The summed E-state index contributed by atoms with van der Waals surface area (Å²) < 4.78 is 0. The molecule has 0 spiro atoms. The molecule has 1 N–H and O–H groups in total. The molecule has 2 saturated carbocycles. The van der Waals surface area contributed by atoms with Crippen LogP contribution in [0.4, 0.5) is 0 Å². The Morgan fingerprint density at radius 1 is 1.18 bits per heavy atom. The summed E-state index contributed by atoms with van der Waals surface area (Å²) in [5.41, 5.74) is 1.40. The number of nitrogens with one attached hydrogen (secondary N) is 1. The number of carbonyl (C=O) groups excluding carboxylic acids is 1. The summed E-state index contributed by atoms with van der Waals surface area (Å²) in [6.45, 7) is 2.16. The third kappa shape index (κ3) is 2.39. The van der Waals surface area contributed by atoms with Gasteiger partial charge in [-0.05, 0) is 56.1 Å². The molecule has 1 heterocycles. The van der Waals surface area contributed by atoms with Crippen molar-refractivity contribution in [2.45, 2.75) is 38.6 Å². The normalized spacial score (nSPS) is 28.0. The molecule has 0 aliphatic heterocycles. The average Bonchev–Trinajstić information content (AvgIpc) is 3.17. The summed E-state index contributed by atoms with van der Waals surface area (Å²) in [5.74, 6) is 2.35. The number of hydrogen-bond donors (Lipinski definition) is 1. The fourth-order valence-electron chi connectivity index (χ4n) is 4.49. The Kier molecular flexibility index (Phi) is 3.36. The van der Waals surface area contributed by atoms with Crippen LogP contribution in [0.25, 0.3) is 10.9 Å². The highest BCUT2D eigenvalue weighted by Gasteiger charge is 2.42. The molecule has 2 aliphatic carbocycles. The number of carbonyl (C=O) groups is 1. The minimum absolute atomic E-state index is 0.0407. The predicted octanol–water partition coefficient (Wildman–Crippen LogP) is 3.79. The highest BCUT2D eigenvalue weighted by atomic mass is 16.1. The van der Waals surface area contributed by atoms with Crippen molar-refractivity contribution < 1.29 is 4.79 Å². The number of amides is 1. The van der Waals surface area contributed by atoms with Crippen LogP contribution in [-0.2, 0) is 0 Å². The summed E-state index contributed by atoms with van der Waals surface area (Å²) in [4.78, 5) is 17.0. The highest BCUT2D eigenvalue weighted by Crippen LogP contribution is 2.49. The standard InChI is InChI=1S/C19H22N2O/c1-12(16-11-13-6-7-15(16)10-13)20-19(22)18-9-8-14-4-2-3-5-17(14)21-18/h2-5,8-9,12-13,15-16H,6-7,10-11H2,1H3,(H,20,22). The minimum atomic E-state index is -0.0407. The third-order valence-corrected chi connectivity index (χ3v) is 5.62. The van der Waals surface area contributed by atoms with Gasteiger partial charge in [-0.2, -0.15) is 0 Å². The van der Waals surface area contributed by atoms with Gasteiger partial charge >= 0.3 is 0 Å². The van der Waals surface area contributed by atoms with Gasteiger partial charge in [0.2, 0.25) is 0 Å². The molecule has 0 radical (unpaired) electrons. The van der Waals surface area contributed by atoms with Crippen LogP contribution in [0.5, 0.6) is 0 Å². The highest BCUT2D eigenvalue weighted by molar-refractivity contribution is 5.95. The van der Waals surface area contributed by atoms with Crippen molar-refractivity contribution in [2.24, 2.45) is 17.8 Å². The summed E-state index contributed by atoms with van der Waals surface area (Å²) in [5, 5.41) is 4.26. The lowest BCUT2D eigenvalue weighted by Gasteiger charge is -2.28. The maximum Gasteiger partial charge on any atom is 0.270 e. The van der Waals surface area contributed by atoms with Crippen molar-refractivity contribution in [1.82, 2.24) is 10.3 Å². The van der Waals surface area contributed by atoms with Crippen molar-refractivity contribution >= 4 is 16.8 Å². The van der Waals surface area contributed by atoms with E-state index in [0.29, 0.717) is 11.6 Å². The van der Waals surface area contributed by atoms with Crippen molar-refractivity contribution in [1.29, 1.82) is 0 Å². The van der Waals surface area contributed by atoms with Gasteiger partial charge in [-0.3, -0.25) is 4.79 Å². The van der Waals surface area contributed by atoms with Gasteiger partial charge in [0.1, 0.15) is 5.69 Å². The van der Waals surface area contributed by atoms with Gasteiger partial charge in [0, 0.05) is 11.4 Å². The number of hydrogen-bond acceptors (Lipinski definition) is 2. The van der Waals surface area contributed by atoms with Crippen LogP contribution in [0.2, 0.25) is 0 Å². The number of nitrogens with zero attached hydrogens (tertiary/aromatic N) is 1. The molecule has 1 aromatic heterocycles. The van der Waals surface area contributed by atoms with Crippen LogP contribution in [-0.4, -0.2) is 16.9 Å². The quantitative estimate of drug-likeness (QED) is 0.935. The molecule has 2 aromatic rings. The van der Waals surface area contributed by atoms with Crippen molar-refractivity contribution in [3.05, 3.63) is 42.1 Å². The zero-order valence-corrected chi connectivity index (χ0v) is 13.0. The molecule has 2 fully saturated rings. The molecule has 3 heteroatoms. The number of aromatic nitrogens is 1. The van der Waals surface area contributed by atoms with E-state index in [9.17, 15) is 4.79 Å². The monoisotopic (exact) mass is 294 g/mol. The van der Waals surface area contributed by atoms with E-state index >= 15 is 0 Å². The van der Waals surface area contributed by atoms with Crippen LogP contribution in [0, 0.1) is 17.8 Å². The topological polar surface area (TPSA) is 42.0 Å². The van der Waals surface area contributed by atoms with Crippen molar-refractivity contribution in [2.75, 3.05) is 0 Å². The van der Waals surface area contributed by atoms with Crippen LogP contribution in [0.15, 0.2) is 36.4 Å². The fraction of sp³-hybridized carbons (Fsp3) is 0.474. The van der Waals surface area contributed by atoms with E-state index in [1.54, 1.807) is 0 Å². The zero-order valence-electron chi connectivity index (χ0n) is 13.0. The second kappa shape index (κ2) is 5.38. The first kappa shape index (κ1) is 13.7. The van der Waals surface area contributed by atoms with Crippen molar-refractivity contribution in [3.8, 4) is 0 Å². The largest absolute Gasteiger partial charge is 0.348 e. The summed E-state index contributed by atoms with van der Waals surface area (Å²) in [7, 11) is 0. The van der Waals surface area contributed by atoms with Gasteiger partial charge in [-0.1, -0.05) is 30.7 Å².